The smallest absolute Gasteiger partial charge is 0.306 e. The summed E-state index contributed by atoms with van der Waals surface area (Å²) < 4.78 is 22.5. The zero-order valence-corrected chi connectivity index (χ0v) is 36.2. The Hall–Kier alpha value is -3.01. The standard InChI is InChI=1S/C47H81NO8/c1-6-8-10-12-14-16-18-19-20-21-22-23-24-25-26-27-28-30-32-34-36-38-45(50)56-43(42-55-47(46(51)52)53-40-39-48(3,4)5)41-54-44(49)37-35-33-31-29-17-15-13-11-9-7-2/h8,10,14,16,19-20,22-23,25-26,43,47H,6-7,9,11-13,15,17-18,21,24,27-42H2,1-5H3/b10-8-,16-14-,20-19-,23-22-,26-25-. The van der Waals surface area contributed by atoms with E-state index in [2.05, 4.69) is 74.6 Å². The zero-order valence-electron chi connectivity index (χ0n) is 36.2. The van der Waals surface area contributed by atoms with Gasteiger partial charge in [-0.2, -0.15) is 0 Å². The lowest BCUT2D eigenvalue weighted by Crippen LogP contribution is -2.44. The van der Waals surface area contributed by atoms with Crippen molar-refractivity contribution in [3.05, 3.63) is 60.8 Å². The molecule has 9 nitrogen and oxygen atoms in total. The molecule has 56 heavy (non-hydrogen) atoms. The first-order chi connectivity index (χ1) is 27.1. The molecule has 0 N–H and O–H groups in total. The molecule has 0 saturated carbocycles. The molecule has 322 valence electrons. The van der Waals surface area contributed by atoms with Crippen LogP contribution in [0.2, 0.25) is 0 Å². The van der Waals surface area contributed by atoms with Gasteiger partial charge in [0.05, 0.1) is 40.3 Å². The molecule has 0 amide bonds. The molecule has 0 saturated heterocycles. The first-order valence-electron chi connectivity index (χ1n) is 21.9. The van der Waals surface area contributed by atoms with E-state index >= 15 is 0 Å². The molecule has 0 aromatic carbocycles. The maximum atomic E-state index is 12.7. The van der Waals surface area contributed by atoms with Gasteiger partial charge in [0.25, 0.3) is 0 Å². The second kappa shape index (κ2) is 38.8. The molecule has 0 aliphatic rings. The van der Waals surface area contributed by atoms with Gasteiger partial charge in [0, 0.05) is 12.8 Å². The molecule has 0 spiro atoms. The number of likely N-dealkylation sites (N-methyl/N-ethyl adjacent to an activating group) is 1. The summed E-state index contributed by atoms with van der Waals surface area (Å²) in [5.74, 6) is -2.32. The average molecular weight is 788 g/mol. The fourth-order valence-corrected chi connectivity index (χ4v) is 5.62. The van der Waals surface area contributed by atoms with E-state index in [1.165, 1.54) is 44.9 Å². The number of nitrogens with zero attached hydrogens (tertiary/aromatic N) is 1. The molecule has 0 aromatic rings. The third-order valence-electron chi connectivity index (χ3n) is 9.03. The first kappa shape index (κ1) is 53.0. The van der Waals surface area contributed by atoms with Crippen LogP contribution in [-0.4, -0.2) is 82.3 Å². The molecule has 0 fully saturated rings. The minimum Gasteiger partial charge on any atom is -0.545 e. The predicted molar refractivity (Wildman–Crippen MR) is 228 cm³/mol. The topological polar surface area (TPSA) is 111 Å². The Balaban J connectivity index is 4.46. The van der Waals surface area contributed by atoms with Gasteiger partial charge in [0.15, 0.2) is 12.4 Å². The minimum absolute atomic E-state index is 0.142. The highest BCUT2D eigenvalue weighted by molar-refractivity contribution is 5.70. The van der Waals surface area contributed by atoms with Gasteiger partial charge in [-0.25, -0.2) is 0 Å². The number of aliphatic carboxylic acids is 1. The number of carbonyl (C=O) groups is 3. The molecule has 0 aliphatic heterocycles. The molecule has 0 heterocycles. The van der Waals surface area contributed by atoms with Crippen LogP contribution in [0.1, 0.15) is 162 Å². The van der Waals surface area contributed by atoms with E-state index in [1.807, 2.05) is 21.1 Å². The van der Waals surface area contributed by atoms with Crippen molar-refractivity contribution in [1.82, 2.24) is 0 Å². The van der Waals surface area contributed by atoms with Crippen LogP contribution in [0.5, 0.6) is 0 Å². The molecule has 0 radical (unpaired) electrons. The van der Waals surface area contributed by atoms with Gasteiger partial charge in [-0.3, -0.25) is 9.59 Å². The Kier molecular flexibility index (Phi) is 36.8. The lowest BCUT2D eigenvalue weighted by atomic mass is 10.1. The van der Waals surface area contributed by atoms with Crippen LogP contribution in [0.3, 0.4) is 0 Å². The second-order valence-corrected chi connectivity index (χ2v) is 15.6. The second-order valence-electron chi connectivity index (χ2n) is 15.6. The van der Waals surface area contributed by atoms with Gasteiger partial charge < -0.3 is 33.3 Å². The molecule has 2 unspecified atom stereocenters. The summed E-state index contributed by atoms with van der Waals surface area (Å²) in [6.07, 6.45) is 42.5. The molecule has 2 atom stereocenters. The van der Waals surface area contributed by atoms with Gasteiger partial charge in [-0.05, 0) is 57.8 Å². The van der Waals surface area contributed by atoms with Gasteiger partial charge in [-0.1, -0.05) is 152 Å². The molecule has 0 bridgehead atoms. The van der Waals surface area contributed by atoms with E-state index in [1.54, 1.807) is 0 Å². The fraction of sp³-hybridized carbons (Fsp3) is 0.723. The number of allylic oxidation sites excluding steroid dienone is 10. The fourth-order valence-electron chi connectivity index (χ4n) is 5.62. The number of carboxylic acids is 1. The van der Waals surface area contributed by atoms with Crippen LogP contribution in [0.4, 0.5) is 0 Å². The van der Waals surface area contributed by atoms with Crippen molar-refractivity contribution in [3.8, 4) is 0 Å². The summed E-state index contributed by atoms with van der Waals surface area (Å²) in [5, 5.41) is 11.7. The van der Waals surface area contributed by atoms with Gasteiger partial charge in [-0.15, -0.1) is 0 Å². The highest BCUT2D eigenvalue weighted by Crippen LogP contribution is 2.13. The number of esters is 2. The van der Waals surface area contributed by atoms with Crippen molar-refractivity contribution in [1.29, 1.82) is 0 Å². The Labute approximate surface area is 342 Å². The number of carboxylic acid groups (broad SMARTS) is 1. The van der Waals surface area contributed by atoms with Crippen molar-refractivity contribution < 1.29 is 42.9 Å². The van der Waals surface area contributed by atoms with Crippen molar-refractivity contribution in [2.45, 2.75) is 174 Å². The van der Waals surface area contributed by atoms with Crippen LogP contribution in [-0.2, 0) is 33.3 Å². The maximum absolute atomic E-state index is 12.7. The number of ether oxygens (including phenoxy) is 4. The molecule has 0 rings (SSSR count). The van der Waals surface area contributed by atoms with Crippen LogP contribution in [0.15, 0.2) is 60.8 Å². The molecule has 9 heteroatoms. The third kappa shape index (κ3) is 39.2. The largest absolute Gasteiger partial charge is 0.545 e. The van der Waals surface area contributed by atoms with Crippen molar-refractivity contribution in [2.24, 2.45) is 0 Å². The molecule has 0 aromatic heterocycles. The Morgan fingerprint density at radius 3 is 1.52 bits per heavy atom. The van der Waals surface area contributed by atoms with Crippen molar-refractivity contribution >= 4 is 17.9 Å². The summed E-state index contributed by atoms with van der Waals surface area (Å²) in [6, 6.07) is 0. The number of hydrogen-bond acceptors (Lipinski definition) is 8. The van der Waals surface area contributed by atoms with Gasteiger partial charge in [0.2, 0.25) is 0 Å². The van der Waals surface area contributed by atoms with E-state index in [0.29, 0.717) is 17.4 Å². The van der Waals surface area contributed by atoms with E-state index in [4.69, 9.17) is 18.9 Å². The summed E-state index contributed by atoms with van der Waals surface area (Å²) >= 11 is 0. The van der Waals surface area contributed by atoms with E-state index < -0.39 is 24.3 Å². The van der Waals surface area contributed by atoms with Crippen LogP contribution < -0.4 is 5.11 Å². The van der Waals surface area contributed by atoms with Gasteiger partial charge >= 0.3 is 11.9 Å². The van der Waals surface area contributed by atoms with Crippen LogP contribution >= 0.6 is 0 Å². The summed E-state index contributed by atoms with van der Waals surface area (Å²) in [5.41, 5.74) is 0. The van der Waals surface area contributed by atoms with Crippen LogP contribution in [0, 0.1) is 0 Å². The monoisotopic (exact) mass is 788 g/mol. The quantitative estimate of drug-likeness (QED) is 0.0199. The third-order valence-corrected chi connectivity index (χ3v) is 9.03. The maximum Gasteiger partial charge on any atom is 0.306 e. The lowest BCUT2D eigenvalue weighted by molar-refractivity contribution is -0.870. The molecule has 0 aliphatic carbocycles. The van der Waals surface area contributed by atoms with Crippen molar-refractivity contribution in [3.63, 3.8) is 0 Å². The highest BCUT2D eigenvalue weighted by Gasteiger charge is 2.21. The highest BCUT2D eigenvalue weighted by atomic mass is 16.7. The minimum atomic E-state index is -1.63. The van der Waals surface area contributed by atoms with E-state index in [0.717, 1.165) is 83.5 Å². The SMILES string of the molecule is CC/C=C\C/C=C\C/C=C\C/C=C\C/C=C\CCCCCCCC(=O)OC(COC(=O)CCCCCCCCCCCC)COC(OCC[N+](C)(C)C)C(=O)[O-]. The summed E-state index contributed by atoms with van der Waals surface area (Å²) in [6.45, 7) is 4.57. The number of carbonyl (C=O) groups excluding carboxylic acids is 3. The Bertz CT molecular complexity index is 1100. The van der Waals surface area contributed by atoms with Crippen molar-refractivity contribution in [2.75, 3.05) is 47.5 Å². The molecular formula is C47H81NO8. The lowest BCUT2D eigenvalue weighted by Gasteiger charge is -2.26. The zero-order chi connectivity index (χ0) is 41.4. The first-order valence-corrected chi connectivity index (χ1v) is 21.9. The average Bonchev–Trinajstić information content (AvgIpc) is 3.15. The number of quaternary nitrogens is 1. The Morgan fingerprint density at radius 1 is 0.554 bits per heavy atom. The summed E-state index contributed by atoms with van der Waals surface area (Å²) in [7, 11) is 5.89. The Morgan fingerprint density at radius 2 is 1.02 bits per heavy atom. The molecular weight excluding hydrogens is 707 g/mol. The summed E-state index contributed by atoms with van der Waals surface area (Å²) in [4.78, 5) is 36.9. The van der Waals surface area contributed by atoms with Crippen LogP contribution in [0.25, 0.3) is 0 Å². The number of rotatable bonds is 39. The predicted octanol–water partition coefficient (Wildman–Crippen LogP) is 10.0. The van der Waals surface area contributed by atoms with E-state index in [9.17, 15) is 19.5 Å². The number of unbranched alkanes of at least 4 members (excludes halogenated alkanes) is 14. The normalized spacial score (nSPS) is 13.5. The van der Waals surface area contributed by atoms with E-state index in [-0.39, 0.29) is 38.6 Å². The number of hydrogen-bond donors (Lipinski definition) is 0. The van der Waals surface area contributed by atoms with Gasteiger partial charge in [0.1, 0.15) is 13.2 Å².